The molecule has 1 N–H and O–H groups in total. The Balaban J connectivity index is 1.43. The number of nitrogens with one attached hydrogen (secondary N) is 1. The fourth-order valence-corrected chi connectivity index (χ4v) is 1.95. The van der Waals surface area contributed by atoms with Gasteiger partial charge in [-0.1, -0.05) is 5.16 Å². The average molecular weight is 225 g/mol. The highest BCUT2D eigenvalue weighted by atomic mass is 16.5. The van der Waals surface area contributed by atoms with Crippen LogP contribution in [-0.4, -0.2) is 35.9 Å². The number of hydrogen-bond acceptors (Lipinski definition) is 5. The van der Waals surface area contributed by atoms with Crippen LogP contribution >= 0.6 is 0 Å². The molecule has 1 unspecified atom stereocenters. The van der Waals surface area contributed by atoms with E-state index in [0.29, 0.717) is 6.10 Å². The zero-order valence-electron chi connectivity index (χ0n) is 9.52. The van der Waals surface area contributed by atoms with Crippen LogP contribution < -0.4 is 5.32 Å². The molecule has 2 rings (SSSR count). The summed E-state index contributed by atoms with van der Waals surface area (Å²) in [5.74, 6) is 0.770. The van der Waals surface area contributed by atoms with E-state index in [1.807, 2.05) is 0 Å². The smallest absolute Gasteiger partial charge is 0.213 e. The summed E-state index contributed by atoms with van der Waals surface area (Å²) < 4.78 is 10.2. The molecule has 1 aliphatic heterocycles. The number of hydrogen-bond donors (Lipinski definition) is 1. The van der Waals surface area contributed by atoms with Gasteiger partial charge in [-0.15, -0.1) is 0 Å². The van der Waals surface area contributed by atoms with Crippen LogP contribution in [0.5, 0.6) is 0 Å². The molecule has 1 fully saturated rings. The third-order valence-corrected chi connectivity index (χ3v) is 2.84. The normalized spacial score (nSPS) is 20.4. The van der Waals surface area contributed by atoms with Gasteiger partial charge in [0.05, 0.1) is 6.10 Å². The minimum atomic E-state index is 0.513. The maximum Gasteiger partial charge on any atom is 0.213 e. The zero-order valence-corrected chi connectivity index (χ0v) is 9.52. The standard InChI is InChI=1S/C11H19N3O2/c1(3-10-4-2-8-15-10)6-12-7-5-11-13-9-16-14-11/h9-10,12H,1-8H2. The van der Waals surface area contributed by atoms with Gasteiger partial charge in [-0.25, -0.2) is 0 Å². The van der Waals surface area contributed by atoms with Gasteiger partial charge in [0.25, 0.3) is 0 Å². The van der Waals surface area contributed by atoms with Crippen LogP contribution in [-0.2, 0) is 11.2 Å². The van der Waals surface area contributed by atoms with Gasteiger partial charge in [0.1, 0.15) is 0 Å². The highest BCUT2D eigenvalue weighted by Crippen LogP contribution is 2.16. The van der Waals surface area contributed by atoms with Crippen molar-refractivity contribution in [1.82, 2.24) is 15.5 Å². The Hall–Kier alpha value is -0.940. The monoisotopic (exact) mass is 225 g/mol. The summed E-state index contributed by atoms with van der Waals surface area (Å²) in [5.41, 5.74) is 0. The van der Waals surface area contributed by atoms with E-state index < -0.39 is 0 Å². The molecule has 0 radical (unpaired) electrons. The molecule has 5 nitrogen and oxygen atoms in total. The molecule has 0 aliphatic carbocycles. The number of nitrogens with zero attached hydrogens (tertiary/aromatic N) is 2. The summed E-state index contributed by atoms with van der Waals surface area (Å²) >= 11 is 0. The van der Waals surface area contributed by atoms with Gasteiger partial charge in [0, 0.05) is 19.6 Å². The van der Waals surface area contributed by atoms with E-state index >= 15 is 0 Å². The second-order valence-electron chi connectivity index (χ2n) is 4.12. The minimum absolute atomic E-state index is 0.513. The van der Waals surface area contributed by atoms with E-state index in [0.717, 1.165) is 31.9 Å². The highest BCUT2D eigenvalue weighted by Gasteiger charge is 2.14. The Bertz CT molecular complexity index is 271. The number of aromatic nitrogens is 2. The highest BCUT2D eigenvalue weighted by molar-refractivity contribution is 4.78. The Morgan fingerprint density at radius 3 is 3.19 bits per heavy atom. The molecule has 2 heterocycles. The minimum Gasteiger partial charge on any atom is -0.378 e. The lowest BCUT2D eigenvalue weighted by atomic mass is 10.1. The Labute approximate surface area is 95.6 Å². The molecule has 0 aromatic carbocycles. The third kappa shape index (κ3) is 3.90. The van der Waals surface area contributed by atoms with Crippen LogP contribution in [0.2, 0.25) is 0 Å². The fraction of sp³-hybridized carbons (Fsp3) is 0.818. The molecule has 1 aromatic heterocycles. The Morgan fingerprint density at radius 2 is 2.44 bits per heavy atom. The van der Waals surface area contributed by atoms with Crippen molar-refractivity contribution in [1.29, 1.82) is 0 Å². The van der Waals surface area contributed by atoms with Crippen LogP contribution in [0.25, 0.3) is 0 Å². The van der Waals surface area contributed by atoms with Crippen molar-refractivity contribution < 1.29 is 9.26 Å². The summed E-state index contributed by atoms with van der Waals surface area (Å²) in [4.78, 5) is 3.96. The molecule has 16 heavy (non-hydrogen) atoms. The van der Waals surface area contributed by atoms with Gasteiger partial charge >= 0.3 is 0 Å². The Kier molecular flexibility index (Phi) is 4.76. The van der Waals surface area contributed by atoms with Crippen LogP contribution in [0, 0.1) is 0 Å². The van der Waals surface area contributed by atoms with Crippen LogP contribution in [0.1, 0.15) is 31.5 Å². The summed E-state index contributed by atoms with van der Waals surface area (Å²) in [7, 11) is 0. The van der Waals surface area contributed by atoms with E-state index in [9.17, 15) is 0 Å². The third-order valence-electron chi connectivity index (χ3n) is 2.84. The summed E-state index contributed by atoms with van der Waals surface area (Å²) in [6, 6.07) is 0. The van der Waals surface area contributed by atoms with Crippen LogP contribution in [0.3, 0.4) is 0 Å². The SMILES string of the molecule is c1nc(CCNCCCC2CCCO2)no1. The number of rotatable bonds is 7. The Morgan fingerprint density at radius 1 is 1.44 bits per heavy atom. The van der Waals surface area contributed by atoms with E-state index in [2.05, 4.69) is 20.0 Å². The second-order valence-corrected chi connectivity index (χ2v) is 4.12. The average Bonchev–Trinajstić information content (AvgIpc) is 2.96. The molecular formula is C11H19N3O2. The first-order chi connectivity index (χ1) is 7.95. The molecular weight excluding hydrogens is 206 g/mol. The summed E-state index contributed by atoms with van der Waals surface area (Å²) in [6.45, 7) is 2.90. The van der Waals surface area contributed by atoms with Gasteiger partial charge in [0.15, 0.2) is 5.82 Å². The van der Waals surface area contributed by atoms with Crippen molar-refractivity contribution >= 4 is 0 Å². The second kappa shape index (κ2) is 6.60. The molecule has 0 bridgehead atoms. The first-order valence-corrected chi connectivity index (χ1v) is 6.03. The zero-order chi connectivity index (χ0) is 11.1. The van der Waals surface area contributed by atoms with Crippen LogP contribution in [0.15, 0.2) is 10.9 Å². The lowest BCUT2D eigenvalue weighted by Crippen LogP contribution is -2.20. The van der Waals surface area contributed by atoms with Crippen molar-refractivity contribution in [2.24, 2.45) is 0 Å². The van der Waals surface area contributed by atoms with E-state index in [4.69, 9.17) is 4.74 Å². The van der Waals surface area contributed by atoms with Gasteiger partial charge < -0.3 is 14.6 Å². The molecule has 0 spiro atoms. The largest absolute Gasteiger partial charge is 0.378 e. The molecule has 90 valence electrons. The predicted molar refractivity (Wildman–Crippen MR) is 59.1 cm³/mol. The fourth-order valence-electron chi connectivity index (χ4n) is 1.95. The molecule has 1 atom stereocenters. The predicted octanol–water partition coefficient (Wildman–Crippen LogP) is 1.16. The van der Waals surface area contributed by atoms with Crippen LogP contribution in [0.4, 0.5) is 0 Å². The summed E-state index contributed by atoms with van der Waals surface area (Å²) in [6.07, 6.45) is 7.53. The van der Waals surface area contributed by atoms with Crippen molar-refractivity contribution in [3.05, 3.63) is 12.2 Å². The summed E-state index contributed by atoms with van der Waals surface area (Å²) in [5, 5.41) is 7.12. The molecule has 5 heteroatoms. The maximum atomic E-state index is 5.56. The maximum absolute atomic E-state index is 5.56. The first-order valence-electron chi connectivity index (χ1n) is 6.03. The lowest BCUT2D eigenvalue weighted by Gasteiger charge is -2.08. The van der Waals surface area contributed by atoms with Gasteiger partial charge in [-0.2, -0.15) is 4.98 Å². The topological polar surface area (TPSA) is 60.2 Å². The quantitative estimate of drug-likeness (QED) is 0.706. The van der Waals surface area contributed by atoms with Gasteiger partial charge in [-0.3, -0.25) is 0 Å². The van der Waals surface area contributed by atoms with Crippen molar-refractivity contribution in [2.75, 3.05) is 19.7 Å². The molecule has 0 saturated carbocycles. The van der Waals surface area contributed by atoms with E-state index in [1.165, 1.54) is 32.1 Å². The molecule has 1 saturated heterocycles. The van der Waals surface area contributed by atoms with Crippen molar-refractivity contribution in [2.45, 2.75) is 38.2 Å². The van der Waals surface area contributed by atoms with E-state index in [1.54, 1.807) is 0 Å². The van der Waals surface area contributed by atoms with E-state index in [-0.39, 0.29) is 0 Å². The molecule has 1 aliphatic rings. The van der Waals surface area contributed by atoms with Gasteiger partial charge in [0.2, 0.25) is 6.39 Å². The first kappa shape index (κ1) is 11.5. The van der Waals surface area contributed by atoms with Crippen molar-refractivity contribution in [3.8, 4) is 0 Å². The van der Waals surface area contributed by atoms with Crippen molar-refractivity contribution in [3.63, 3.8) is 0 Å². The molecule has 0 amide bonds. The molecule has 1 aromatic rings. The lowest BCUT2D eigenvalue weighted by molar-refractivity contribution is 0.102. The van der Waals surface area contributed by atoms with Gasteiger partial charge in [-0.05, 0) is 32.2 Å². The number of ether oxygens (including phenoxy) is 1.